The average molecular weight is 428 g/mol. The summed E-state index contributed by atoms with van der Waals surface area (Å²) in [6, 6.07) is 6.43. The summed E-state index contributed by atoms with van der Waals surface area (Å²) in [5.74, 6) is 0.185. The van der Waals surface area contributed by atoms with Crippen molar-refractivity contribution in [1.82, 2.24) is 14.9 Å². The molecule has 10 heteroatoms. The van der Waals surface area contributed by atoms with E-state index in [9.17, 15) is 18.0 Å². The quantitative estimate of drug-likeness (QED) is 0.450. The number of piperazine rings is 1. The summed E-state index contributed by atoms with van der Waals surface area (Å²) >= 11 is 0. The second-order valence-corrected chi connectivity index (χ2v) is 9.17. The lowest BCUT2D eigenvalue weighted by Crippen LogP contribution is -3.15. The highest BCUT2D eigenvalue weighted by Gasteiger charge is 2.31. The highest BCUT2D eigenvalue weighted by Crippen LogP contribution is 2.19. The van der Waals surface area contributed by atoms with E-state index in [0.717, 1.165) is 4.90 Å². The van der Waals surface area contributed by atoms with Crippen molar-refractivity contribution < 1.29 is 27.6 Å². The van der Waals surface area contributed by atoms with Crippen molar-refractivity contribution in [1.29, 1.82) is 0 Å². The zero-order valence-corrected chi connectivity index (χ0v) is 18.0. The van der Waals surface area contributed by atoms with Gasteiger partial charge in [0.05, 0.1) is 44.2 Å². The monoisotopic (exact) mass is 427 g/mol. The Morgan fingerprint density at radius 1 is 1.14 bits per heavy atom. The summed E-state index contributed by atoms with van der Waals surface area (Å²) in [4.78, 5) is 24.8. The number of hydrogen-bond acceptors (Lipinski definition) is 5. The van der Waals surface area contributed by atoms with Crippen molar-refractivity contribution >= 4 is 21.8 Å². The van der Waals surface area contributed by atoms with Crippen molar-refractivity contribution in [2.75, 3.05) is 45.9 Å². The number of sulfonamides is 1. The second kappa shape index (κ2) is 10.6. The molecule has 1 heterocycles. The molecule has 0 radical (unpaired) electrons. The van der Waals surface area contributed by atoms with E-state index in [1.54, 1.807) is 24.3 Å². The van der Waals surface area contributed by atoms with Gasteiger partial charge in [0.15, 0.2) is 6.54 Å². The molecule has 1 fully saturated rings. The Kier molecular flexibility index (Phi) is 8.42. The molecule has 3 N–H and O–H groups in total. The first-order chi connectivity index (χ1) is 13.7. The molecule has 2 amide bonds. The van der Waals surface area contributed by atoms with Crippen molar-refractivity contribution in [3.05, 3.63) is 24.3 Å². The van der Waals surface area contributed by atoms with Crippen LogP contribution in [0.4, 0.5) is 0 Å². The Morgan fingerprint density at radius 3 is 2.31 bits per heavy atom. The maximum Gasteiger partial charge on any atom is 0.275 e. The minimum absolute atomic E-state index is 0.0235. The minimum Gasteiger partial charge on any atom is -0.494 e. The van der Waals surface area contributed by atoms with E-state index >= 15 is 0 Å². The van der Waals surface area contributed by atoms with Gasteiger partial charge in [-0.1, -0.05) is 0 Å². The van der Waals surface area contributed by atoms with Gasteiger partial charge in [0, 0.05) is 6.04 Å². The number of benzene rings is 1. The number of nitrogens with zero attached hydrogens (tertiary/aromatic N) is 1. The Morgan fingerprint density at radius 2 is 1.76 bits per heavy atom. The first-order valence-corrected chi connectivity index (χ1v) is 11.3. The predicted octanol–water partition coefficient (Wildman–Crippen LogP) is -1.38. The topological polar surface area (TPSA) is 109 Å². The average Bonchev–Trinajstić information content (AvgIpc) is 2.67. The third kappa shape index (κ3) is 6.98. The molecular weight excluding hydrogens is 396 g/mol. The summed E-state index contributed by atoms with van der Waals surface area (Å²) in [7, 11) is -3.57. The van der Waals surface area contributed by atoms with Gasteiger partial charge in [-0.3, -0.25) is 9.59 Å². The van der Waals surface area contributed by atoms with E-state index in [-0.39, 0.29) is 35.8 Å². The summed E-state index contributed by atoms with van der Waals surface area (Å²) < 4.78 is 32.4. The lowest BCUT2D eigenvalue weighted by atomic mass is 10.3. The number of ether oxygens (including phenoxy) is 1. The molecule has 2 rings (SSSR count). The number of carbonyl (C=O) groups excluding carboxylic acids is 2. The van der Waals surface area contributed by atoms with Crippen molar-refractivity contribution in [2.24, 2.45) is 0 Å². The van der Waals surface area contributed by atoms with Gasteiger partial charge in [-0.15, -0.1) is 0 Å². The number of quaternary nitrogens is 1. The van der Waals surface area contributed by atoms with Crippen LogP contribution in [-0.4, -0.2) is 76.5 Å². The van der Waals surface area contributed by atoms with Gasteiger partial charge in [0.2, 0.25) is 15.9 Å². The highest BCUT2D eigenvalue weighted by molar-refractivity contribution is 7.89. The maximum atomic E-state index is 12.8. The van der Waals surface area contributed by atoms with Gasteiger partial charge in [0.1, 0.15) is 5.75 Å². The predicted molar refractivity (Wildman–Crippen MR) is 108 cm³/mol. The Balaban J connectivity index is 1.81. The summed E-state index contributed by atoms with van der Waals surface area (Å²) in [5, 5.41) is 5.31. The van der Waals surface area contributed by atoms with Crippen LogP contribution < -0.4 is 20.3 Å². The Labute approximate surface area is 172 Å². The number of hydrogen-bond donors (Lipinski definition) is 3. The smallest absolute Gasteiger partial charge is 0.275 e. The van der Waals surface area contributed by atoms with Crippen LogP contribution in [0.2, 0.25) is 0 Å². The molecule has 0 unspecified atom stereocenters. The molecule has 0 atom stereocenters. The SMILES string of the molecule is CCOc1ccc(S(=O)(=O)N2CC[NH+](CC(=O)NCC(=O)NC(C)C)CC2)cc1. The van der Waals surface area contributed by atoms with E-state index in [1.807, 2.05) is 20.8 Å². The number of carbonyl (C=O) groups is 2. The van der Waals surface area contributed by atoms with E-state index in [4.69, 9.17) is 4.74 Å². The van der Waals surface area contributed by atoms with Gasteiger partial charge in [0.25, 0.3) is 5.91 Å². The van der Waals surface area contributed by atoms with Crippen LogP contribution >= 0.6 is 0 Å². The van der Waals surface area contributed by atoms with E-state index in [1.165, 1.54) is 4.31 Å². The lowest BCUT2D eigenvalue weighted by Gasteiger charge is -2.31. The van der Waals surface area contributed by atoms with Gasteiger partial charge in [-0.05, 0) is 45.0 Å². The van der Waals surface area contributed by atoms with Crippen LogP contribution in [0.5, 0.6) is 5.75 Å². The third-order valence-corrected chi connectivity index (χ3v) is 6.42. The molecule has 0 spiro atoms. The molecule has 1 aliphatic heterocycles. The molecular formula is C19H31N4O5S+. The first-order valence-electron chi connectivity index (χ1n) is 9.85. The molecule has 0 aliphatic carbocycles. The van der Waals surface area contributed by atoms with Gasteiger partial charge in [-0.25, -0.2) is 8.42 Å². The van der Waals surface area contributed by atoms with Crippen LogP contribution in [0.1, 0.15) is 20.8 Å². The third-order valence-electron chi connectivity index (χ3n) is 4.51. The van der Waals surface area contributed by atoms with Crippen molar-refractivity contribution in [2.45, 2.75) is 31.7 Å². The van der Waals surface area contributed by atoms with Crippen molar-refractivity contribution in [3.63, 3.8) is 0 Å². The molecule has 0 bridgehead atoms. The van der Waals surface area contributed by atoms with Crippen molar-refractivity contribution in [3.8, 4) is 5.75 Å². The van der Waals surface area contributed by atoms with Gasteiger partial charge < -0.3 is 20.3 Å². The van der Waals surface area contributed by atoms with E-state index in [0.29, 0.717) is 38.5 Å². The van der Waals surface area contributed by atoms with E-state index < -0.39 is 10.0 Å². The largest absolute Gasteiger partial charge is 0.494 e. The highest BCUT2D eigenvalue weighted by atomic mass is 32.2. The number of amides is 2. The molecule has 1 aromatic rings. The number of rotatable bonds is 9. The van der Waals surface area contributed by atoms with Crippen LogP contribution in [0.25, 0.3) is 0 Å². The lowest BCUT2D eigenvalue weighted by molar-refractivity contribution is -0.895. The Hall–Kier alpha value is -2.17. The van der Waals surface area contributed by atoms with Gasteiger partial charge in [-0.2, -0.15) is 4.31 Å². The first kappa shape index (κ1) is 23.1. The standard InChI is InChI=1S/C19H30N4O5S/c1-4-28-16-5-7-17(8-6-16)29(26,27)23-11-9-22(10-12-23)14-19(25)20-13-18(24)21-15(2)3/h5-8,15H,4,9-14H2,1-3H3,(H,20,25)(H,21,24)/p+1. The Bertz CT molecular complexity index is 787. The maximum absolute atomic E-state index is 12.8. The summed E-state index contributed by atoms with van der Waals surface area (Å²) in [6.07, 6.45) is 0. The van der Waals surface area contributed by atoms with Gasteiger partial charge >= 0.3 is 0 Å². The molecule has 1 aliphatic rings. The molecule has 1 saturated heterocycles. The molecule has 29 heavy (non-hydrogen) atoms. The zero-order chi connectivity index (χ0) is 21.4. The molecule has 9 nitrogen and oxygen atoms in total. The minimum atomic E-state index is -3.57. The molecule has 0 aromatic heterocycles. The van der Waals surface area contributed by atoms with Crippen LogP contribution in [-0.2, 0) is 19.6 Å². The summed E-state index contributed by atoms with van der Waals surface area (Å²) in [5.41, 5.74) is 0. The fraction of sp³-hybridized carbons (Fsp3) is 0.579. The van der Waals surface area contributed by atoms with Crippen LogP contribution in [0, 0.1) is 0 Å². The van der Waals surface area contributed by atoms with E-state index in [2.05, 4.69) is 10.6 Å². The summed E-state index contributed by atoms with van der Waals surface area (Å²) in [6.45, 7) is 7.99. The second-order valence-electron chi connectivity index (χ2n) is 7.23. The van der Waals surface area contributed by atoms with Crippen LogP contribution in [0.3, 0.4) is 0 Å². The van der Waals surface area contributed by atoms with Crippen LogP contribution in [0.15, 0.2) is 29.2 Å². The molecule has 162 valence electrons. The number of nitrogens with one attached hydrogen (secondary N) is 3. The molecule has 1 aromatic carbocycles. The normalized spacial score (nSPS) is 15.9. The fourth-order valence-corrected chi connectivity index (χ4v) is 4.53. The fourth-order valence-electron chi connectivity index (χ4n) is 3.08. The molecule has 0 saturated carbocycles. The zero-order valence-electron chi connectivity index (χ0n) is 17.2.